The standard InChI is InChI=1S/C15H24O3/c1-3-7-12(16)15(13(17)18-2)10-14(11-15)8-5-4-6-9-14/h3-11H2,1-2H3. The zero-order valence-corrected chi connectivity index (χ0v) is 11.6. The minimum atomic E-state index is -0.790. The van der Waals surface area contributed by atoms with Gasteiger partial charge in [0.25, 0.3) is 0 Å². The highest BCUT2D eigenvalue weighted by Gasteiger charge is 2.62. The molecule has 0 heterocycles. The molecule has 2 rings (SSSR count). The van der Waals surface area contributed by atoms with Crippen molar-refractivity contribution in [2.45, 2.75) is 64.7 Å². The van der Waals surface area contributed by atoms with Gasteiger partial charge in [0, 0.05) is 6.42 Å². The Kier molecular flexibility index (Phi) is 3.79. The average molecular weight is 252 g/mol. The fraction of sp³-hybridized carbons (Fsp3) is 0.867. The molecule has 0 amide bonds. The summed E-state index contributed by atoms with van der Waals surface area (Å²) in [5.41, 5.74) is -0.516. The van der Waals surface area contributed by atoms with E-state index in [2.05, 4.69) is 0 Å². The Morgan fingerprint density at radius 2 is 1.72 bits per heavy atom. The van der Waals surface area contributed by atoms with Crippen LogP contribution in [0.15, 0.2) is 0 Å². The van der Waals surface area contributed by atoms with Crippen LogP contribution in [0.3, 0.4) is 0 Å². The first-order chi connectivity index (χ1) is 8.58. The van der Waals surface area contributed by atoms with Crippen LogP contribution in [0.2, 0.25) is 0 Å². The molecule has 3 heteroatoms. The van der Waals surface area contributed by atoms with Crippen LogP contribution in [0.4, 0.5) is 0 Å². The number of rotatable bonds is 4. The van der Waals surface area contributed by atoms with Gasteiger partial charge >= 0.3 is 5.97 Å². The van der Waals surface area contributed by atoms with E-state index in [0.717, 1.165) is 19.3 Å². The minimum absolute atomic E-state index is 0.105. The number of methoxy groups -OCH3 is 1. The third-order valence-electron chi connectivity index (χ3n) is 4.85. The van der Waals surface area contributed by atoms with Crippen molar-refractivity contribution < 1.29 is 14.3 Å². The van der Waals surface area contributed by atoms with Crippen LogP contribution in [-0.4, -0.2) is 18.9 Å². The van der Waals surface area contributed by atoms with Gasteiger partial charge < -0.3 is 4.74 Å². The molecular weight excluding hydrogens is 228 g/mol. The number of Topliss-reactive ketones (excluding diaryl/α,β-unsaturated/α-hetero) is 1. The molecule has 0 bridgehead atoms. The number of hydrogen-bond acceptors (Lipinski definition) is 3. The van der Waals surface area contributed by atoms with Gasteiger partial charge in [0.15, 0.2) is 0 Å². The van der Waals surface area contributed by atoms with E-state index >= 15 is 0 Å². The summed E-state index contributed by atoms with van der Waals surface area (Å²) in [6.07, 6.45) is 8.97. The van der Waals surface area contributed by atoms with Crippen molar-refractivity contribution in [3.8, 4) is 0 Å². The van der Waals surface area contributed by atoms with E-state index in [1.165, 1.54) is 39.2 Å². The lowest BCUT2D eigenvalue weighted by atomic mass is 9.47. The summed E-state index contributed by atoms with van der Waals surface area (Å²) < 4.78 is 4.90. The Morgan fingerprint density at radius 3 is 2.22 bits per heavy atom. The van der Waals surface area contributed by atoms with Crippen molar-refractivity contribution >= 4 is 11.8 Å². The van der Waals surface area contributed by atoms with E-state index in [0.29, 0.717) is 6.42 Å². The van der Waals surface area contributed by atoms with E-state index < -0.39 is 5.41 Å². The normalized spacial score (nSPS) is 24.3. The van der Waals surface area contributed by atoms with Gasteiger partial charge in [-0.15, -0.1) is 0 Å². The molecule has 1 spiro atoms. The molecule has 0 radical (unpaired) electrons. The SMILES string of the molecule is CCCC(=O)C1(C(=O)OC)CC2(CCCCC2)C1. The van der Waals surface area contributed by atoms with Gasteiger partial charge in [0.1, 0.15) is 11.2 Å². The largest absolute Gasteiger partial charge is 0.468 e. The second-order valence-corrected chi connectivity index (χ2v) is 6.16. The van der Waals surface area contributed by atoms with E-state index in [1.54, 1.807) is 0 Å². The van der Waals surface area contributed by atoms with E-state index in [1.807, 2.05) is 6.92 Å². The molecule has 3 nitrogen and oxygen atoms in total. The molecule has 102 valence electrons. The highest BCUT2D eigenvalue weighted by atomic mass is 16.5. The Hall–Kier alpha value is -0.860. The number of carbonyl (C=O) groups is 2. The number of ketones is 1. The highest BCUT2D eigenvalue weighted by molar-refractivity contribution is 6.05. The Balaban J connectivity index is 2.11. The molecule has 0 aromatic carbocycles. The second kappa shape index (κ2) is 5.02. The maximum Gasteiger partial charge on any atom is 0.319 e. The van der Waals surface area contributed by atoms with Crippen LogP contribution < -0.4 is 0 Å². The number of esters is 1. The highest BCUT2D eigenvalue weighted by Crippen LogP contribution is 2.62. The van der Waals surface area contributed by atoms with Gasteiger partial charge in [-0.2, -0.15) is 0 Å². The lowest BCUT2D eigenvalue weighted by molar-refractivity contribution is -0.178. The van der Waals surface area contributed by atoms with Crippen molar-refractivity contribution in [2.75, 3.05) is 7.11 Å². The van der Waals surface area contributed by atoms with Gasteiger partial charge in [-0.3, -0.25) is 9.59 Å². The summed E-state index contributed by atoms with van der Waals surface area (Å²) >= 11 is 0. The molecule has 0 saturated heterocycles. The summed E-state index contributed by atoms with van der Waals surface area (Å²) in [6, 6.07) is 0. The molecule has 0 unspecified atom stereocenters. The summed E-state index contributed by atoms with van der Waals surface area (Å²) in [6.45, 7) is 1.98. The molecule has 2 saturated carbocycles. The first-order valence-corrected chi connectivity index (χ1v) is 7.20. The smallest absolute Gasteiger partial charge is 0.319 e. The van der Waals surface area contributed by atoms with Gasteiger partial charge in [0.2, 0.25) is 0 Å². The third kappa shape index (κ3) is 2.08. The molecule has 18 heavy (non-hydrogen) atoms. The van der Waals surface area contributed by atoms with Gasteiger partial charge in [0.05, 0.1) is 7.11 Å². The quantitative estimate of drug-likeness (QED) is 0.569. The molecule has 0 N–H and O–H groups in total. The molecular formula is C15H24O3. The van der Waals surface area contributed by atoms with Crippen LogP contribution in [0.25, 0.3) is 0 Å². The third-order valence-corrected chi connectivity index (χ3v) is 4.85. The molecule has 2 aliphatic carbocycles. The van der Waals surface area contributed by atoms with Gasteiger partial charge in [-0.05, 0) is 37.5 Å². The van der Waals surface area contributed by atoms with Gasteiger partial charge in [-0.25, -0.2) is 0 Å². The van der Waals surface area contributed by atoms with Crippen molar-refractivity contribution in [2.24, 2.45) is 10.8 Å². The van der Waals surface area contributed by atoms with Crippen molar-refractivity contribution in [1.82, 2.24) is 0 Å². The Morgan fingerprint density at radius 1 is 1.11 bits per heavy atom. The maximum absolute atomic E-state index is 12.3. The van der Waals surface area contributed by atoms with Crippen LogP contribution in [0.1, 0.15) is 64.7 Å². The summed E-state index contributed by atoms with van der Waals surface area (Å²) in [5, 5.41) is 0. The predicted molar refractivity (Wildman–Crippen MR) is 69.1 cm³/mol. The minimum Gasteiger partial charge on any atom is -0.468 e. The topological polar surface area (TPSA) is 43.4 Å². The summed E-state index contributed by atoms with van der Waals surface area (Å²) in [4.78, 5) is 24.3. The maximum atomic E-state index is 12.3. The Bertz CT molecular complexity index is 332. The predicted octanol–water partition coefficient (Wildman–Crippen LogP) is 3.26. The second-order valence-electron chi connectivity index (χ2n) is 6.16. The van der Waals surface area contributed by atoms with Gasteiger partial charge in [-0.1, -0.05) is 26.2 Å². The lowest BCUT2D eigenvalue weighted by Crippen LogP contribution is -2.56. The molecule has 2 aliphatic rings. The first kappa shape index (κ1) is 13.6. The molecule has 0 aromatic heterocycles. The monoisotopic (exact) mass is 252 g/mol. The zero-order chi connectivity index (χ0) is 13.2. The fourth-order valence-electron chi connectivity index (χ4n) is 4.00. The number of hydrogen-bond donors (Lipinski definition) is 0. The molecule has 2 fully saturated rings. The first-order valence-electron chi connectivity index (χ1n) is 7.20. The fourth-order valence-corrected chi connectivity index (χ4v) is 4.00. The average Bonchev–Trinajstić information content (AvgIpc) is 2.35. The van der Waals surface area contributed by atoms with Crippen molar-refractivity contribution in [1.29, 1.82) is 0 Å². The van der Waals surface area contributed by atoms with E-state index in [4.69, 9.17) is 4.74 Å². The Labute approximate surface area is 109 Å². The summed E-state index contributed by atoms with van der Waals surface area (Å²) in [7, 11) is 1.40. The zero-order valence-electron chi connectivity index (χ0n) is 11.6. The van der Waals surface area contributed by atoms with Crippen LogP contribution in [0, 0.1) is 10.8 Å². The lowest BCUT2D eigenvalue weighted by Gasteiger charge is -2.55. The van der Waals surface area contributed by atoms with Crippen LogP contribution in [-0.2, 0) is 14.3 Å². The van der Waals surface area contributed by atoms with Crippen LogP contribution in [0.5, 0.6) is 0 Å². The molecule has 0 aromatic rings. The number of carbonyl (C=O) groups excluding carboxylic acids is 2. The van der Waals surface area contributed by atoms with Crippen LogP contribution >= 0.6 is 0 Å². The molecule has 0 aliphatic heterocycles. The molecule has 0 atom stereocenters. The van der Waals surface area contributed by atoms with E-state index in [9.17, 15) is 9.59 Å². The van der Waals surface area contributed by atoms with Crippen molar-refractivity contribution in [3.63, 3.8) is 0 Å². The summed E-state index contributed by atoms with van der Waals surface area (Å²) in [5.74, 6) is -0.190. The number of ether oxygens (including phenoxy) is 1. The van der Waals surface area contributed by atoms with Crippen molar-refractivity contribution in [3.05, 3.63) is 0 Å². The van der Waals surface area contributed by atoms with E-state index in [-0.39, 0.29) is 17.2 Å².